The van der Waals surface area contributed by atoms with E-state index in [2.05, 4.69) is 25.6 Å². The van der Waals surface area contributed by atoms with Crippen LogP contribution in [0.5, 0.6) is 0 Å². The van der Waals surface area contributed by atoms with E-state index in [4.69, 9.17) is 0 Å². The molecular formula is C11H8BrFN2O3S. The molecule has 0 atom stereocenters. The minimum absolute atomic E-state index is 0.165. The largest absolute Gasteiger partial charge is 0.328 e. The minimum atomic E-state index is -3.97. The molecule has 1 heterocycles. The van der Waals surface area contributed by atoms with Crippen molar-refractivity contribution >= 4 is 31.6 Å². The van der Waals surface area contributed by atoms with E-state index in [9.17, 15) is 17.6 Å². The van der Waals surface area contributed by atoms with Crippen LogP contribution in [-0.4, -0.2) is 13.4 Å². The van der Waals surface area contributed by atoms with Gasteiger partial charge in [0.25, 0.3) is 10.0 Å². The minimum Gasteiger partial charge on any atom is -0.328 e. The summed E-state index contributed by atoms with van der Waals surface area (Å²) in [7, 11) is -3.97. The van der Waals surface area contributed by atoms with Gasteiger partial charge in [-0.25, -0.2) is 12.8 Å². The van der Waals surface area contributed by atoms with Crippen molar-refractivity contribution in [1.82, 2.24) is 4.98 Å². The van der Waals surface area contributed by atoms with Gasteiger partial charge in [-0.15, -0.1) is 0 Å². The van der Waals surface area contributed by atoms with Gasteiger partial charge in [0, 0.05) is 16.7 Å². The van der Waals surface area contributed by atoms with Crippen molar-refractivity contribution in [3.8, 4) is 0 Å². The smallest absolute Gasteiger partial charge is 0.263 e. The number of aromatic amines is 1. The van der Waals surface area contributed by atoms with Crippen molar-refractivity contribution < 1.29 is 12.8 Å². The molecule has 0 bridgehead atoms. The zero-order valence-electron chi connectivity index (χ0n) is 9.35. The fourth-order valence-electron chi connectivity index (χ4n) is 1.35. The van der Waals surface area contributed by atoms with E-state index >= 15 is 0 Å². The van der Waals surface area contributed by atoms with Crippen LogP contribution in [0.3, 0.4) is 0 Å². The first-order chi connectivity index (χ1) is 8.90. The maximum Gasteiger partial charge on any atom is 0.263 e. The highest BCUT2D eigenvalue weighted by molar-refractivity contribution is 9.10. The second-order valence-corrected chi connectivity index (χ2v) is 6.13. The standard InChI is InChI=1S/C11H8BrFN2O3S/c12-8-2-1-3-9(13)11(8)15-19(17,18)7-4-5-10(16)14-6-7/h1-6,15H,(H,14,16). The van der Waals surface area contributed by atoms with E-state index in [1.807, 2.05) is 0 Å². The number of para-hydroxylation sites is 1. The van der Waals surface area contributed by atoms with Gasteiger partial charge >= 0.3 is 0 Å². The van der Waals surface area contributed by atoms with Gasteiger partial charge < -0.3 is 4.98 Å². The number of rotatable bonds is 3. The lowest BCUT2D eigenvalue weighted by Crippen LogP contribution is -2.16. The lowest BCUT2D eigenvalue weighted by Gasteiger charge is -2.10. The first kappa shape index (κ1) is 13.8. The third-order valence-corrected chi connectivity index (χ3v) is 4.27. The zero-order chi connectivity index (χ0) is 14.0. The molecule has 0 radical (unpaired) electrons. The van der Waals surface area contributed by atoms with Crippen LogP contribution in [0.15, 0.2) is 50.7 Å². The summed E-state index contributed by atoms with van der Waals surface area (Å²) in [5, 5.41) is 0. The van der Waals surface area contributed by atoms with Crippen LogP contribution in [0.25, 0.3) is 0 Å². The highest BCUT2D eigenvalue weighted by atomic mass is 79.9. The first-order valence-electron chi connectivity index (χ1n) is 5.06. The summed E-state index contributed by atoms with van der Waals surface area (Å²) >= 11 is 3.06. The summed E-state index contributed by atoms with van der Waals surface area (Å²) in [6.45, 7) is 0. The Morgan fingerprint density at radius 2 is 1.95 bits per heavy atom. The third-order valence-electron chi connectivity index (χ3n) is 2.27. The maximum absolute atomic E-state index is 13.5. The molecule has 5 nitrogen and oxygen atoms in total. The quantitative estimate of drug-likeness (QED) is 0.892. The van der Waals surface area contributed by atoms with Gasteiger partial charge in [0.1, 0.15) is 10.7 Å². The number of nitrogens with one attached hydrogen (secondary N) is 2. The van der Waals surface area contributed by atoms with Crippen molar-refractivity contribution in [1.29, 1.82) is 0 Å². The first-order valence-corrected chi connectivity index (χ1v) is 7.33. The molecule has 2 N–H and O–H groups in total. The SMILES string of the molecule is O=c1ccc(S(=O)(=O)Nc2c(F)cccc2Br)c[nH]1. The van der Waals surface area contributed by atoms with E-state index in [-0.39, 0.29) is 15.1 Å². The zero-order valence-corrected chi connectivity index (χ0v) is 11.8. The van der Waals surface area contributed by atoms with Crippen LogP contribution in [0.2, 0.25) is 0 Å². The summed E-state index contributed by atoms with van der Waals surface area (Å²) < 4.78 is 39.9. The molecule has 0 aliphatic heterocycles. The average Bonchev–Trinajstić information content (AvgIpc) is 2.35. The molecule has 1 aromatic heterocycles. The Morgan fingerprint density at radius 3 is 2.53 bits per heavy atom. The Labute approximate surface area is 116 Å². The number of halogens is 2. The molecule has 2 rings (SSSR count). The Balaban J connectivity index is 2.42. The molecule has 0 spiro atoms. The predicted molar refractivity (Wildman–Crippen MR) is 72.0 cm³/mol. The molecule has 19 heavy (non-hydrogen) atoms. The van der Waals surface area contributed by atoms with Crippen LogP contribution < -0.4 is 10.3 Å². The summed E-state index contributed by atoms with van der Waals surface area (Å²) in [4.78, 5) is 13.0. The van der Waals surface area contributed by atoms with Crippen molar-refractivity contribution in [2.24, 2.45) is 0 Å². The fourth-order valence-corrected chi connectivity index (χ4v) is 2.98. The monoisotopic (exact) mass is 346 g/mol. The average molecular weight is 347 g/mol. The molecule has 0 aliphatic carbocycles. The van der Waals surface area contributed by atoms with Crippen LogP contribution in [0.4, 0.5) is 10.1 Å². The summed E-state index contributed by atoms with van der Waals surface area (Å²) in [6, 6.07) is 6.29. The summed E-state index contributed by atoms with van der Waals surface area (Å²) in [6.07, 6.45) is 1.04. The lowest BCUT2D eigenvalue weighted by atomic mass is 10.3. The van der Waals surface area contributed by atoms with Crippen LogP contribution in [0, 0.1) is 5.82 Å². The number of hydrogen-bond donors (Lipinski definition) is 2. The fraction of sp³-hybridized carbons (Fsp3) is 0. The highest BCUT2D eigenvalue weighted by Gasteiger charge is 2.18. The molecule has 0 amide bonds. The lowest BCUT2D eigenvalue weighted by molar-refractivity contribution is 0.598. The van der Waals surface area contributed by atoms with Crippen LogP contribution in [0.1, 0.15) is 0 Å². The maximum atomic E-state index is 13.5. The van der Waals surface area contributed by atoms with Gasteiger partial charge in [-0.1, -0.05) is 6.07 Å². The number of benzene rings is 1. The highest BCUT2D eigenvalue weighted by Crippen LogP contribution is 2.27. The second-order valence-electron chi connectivity index (χ2n) is 3.59. The van der Waals surface area contributed by atoms with Crippen LogP contribution in [-0.2, 0) is 10.0 Å². The van der Waals surface area contributed by atoms with E-state index in [0.717, 1.165) is 24.4 Å². The molecule has 0 saturated carbocycles. The van der Waals surface area contributed by atoms with Crippen molar-refractivity contribution in [3.05, 3.63) is 57.2 Å². The van der Waals surface area contributed by atoms with Gasteiger partial charge in [0.05, 0.1) is 5.69 Å². The number of H-pyrrole nitrogens is 1. The van der Waals surface area contributed by atoms with Gasteiger partial charge in [-0.3, -0.25) is 9.52 Å². The molecule has 0 unspecified atom stereocenters. The van der Waals surface area contributed by atoms with Crippen molar-refractivity contribution in [2.75, 3.05) is 4.72 Å². The van der Waals surface area contributed by atoms with Gasteiger partial charge in [-0.05, 0) is 34.1 Å². The Kier molecular flexibility index (Phi) is 3.72. The van der Waals surface area contributed by atoms with E-state index < -0.39 is 21.4 Å². The van der Waals surface area contributed by atoms with E-state index in [1.165, 1.54) is 12.1 Å². The van der Waals surface area contributed by atoms with Gasteiger partial charge in [0.15, 0.2) is 0 Å². The molecule has 1 aromatic carbocycles. The Hall–Kier alpha value is -1.67. The number of anilines is 1. The Morgan fingerprint density at radius 1 is 1.21 bits per heavy atom. The molecule has 8 heteroatoms. The van der Waals surface area contributed by atoms with Gasteiger partial charge in [-0.2, -0.15) is 0 Å². The molecule has 2 aromatic rings. The molecule has 0 aliphatic rings. The molecular weight excluding hydrogens is 339 g/mol. The summed E-state index contributed by atoms with van der Waals surface area (Å²) in [5.74, 6) is -0.706. The second kappa shape index (κ2) is 5.14. The van der Waals surface area contributed by atoms with Crippen molar-refractivity contribution in [3.63, 3.8) is 0 Å². The molecule has 0 saturated heterocycles. The van der Waals surface area contributed by atoms with Gasteiger partial charge in [0.2, 0.25) is 5.56 Å². The number of hydrogen-bond acceptors (Lipinski definition) is 3. The Bertz CT molecular complexity index is 733. The van der Waals surface area contributed by atoms with E-state index in [0.29, 0.717) is 0 Å². The number of sulfonamides is 1. The molecule has 0 fully saturated rings. The van der Waals surface area contributed by atoms with E-state index in [1.54, 1.807) is 0 Å². The number of pyridine rings is 1. The third kappa shape index (κ3) is 3.02. The normalized spacial score (nSPS) is 11.3. The molecule has 100 valence electrons. The predicted octanol–water partition coefficient (Wildman–Crippen LogP) is 2.08. The topological polar surface area (TPSA) is 79.0 Å². The van der Waals surface area contributed by atoms with Crippen LogP contribution >= 0.6 is 15.9 Å². The summed E-state index contributed by atoms with van der Waals surface area (Å²) in [5.41, 5.74) is -0.611. The number of aromatic nitrogens is 1. The van der Waals surface area contributed by atoms with Crippen molar-refractivity contribution in [2.45, 2.75) is 4.90 Å².